The SMILES string of the molecule is COC(=O)c1occc1CN1CCC2CCC(C1)N2. The summed E-state index contributed by atoms with van der Waals surface area (Å²) < 4.78 is 9.97. The number of nitrogens with zero attached hydrogens (tertiary/aromatic N) is 1. The number of rotatable bonds is 3. The Kier molecular flexibility index (Phi) is 3.57. The van der Waals surface area contributed by atoms with Gasteiger partial charge in [0.25, 0.3) is 0 Å². The zero-order valence-corrected chi connectivity index (χ0v) is 11.2. The monoisotopic (exact) mass is 264 g/mol. The third kappa shape index (κ3) is 2.67. The summed E-state index contributed by atoms with van der Waals surface area (Å²) >= 11 is 0. The Morgan fingerprint density at radius 2 is 2.32 bits per heavy atom. The van der Waals surface area contributed by atoms with Crippen molar-refractivity contribution in [1.82, 2.24) is 10.2 Å². The number of hydrogen-bond donors (Lipinski definition) is 1. The summed E-state index contributed by atoms with van der Waals surface area (Å²) in [5.74, 6) is -0.0562. The summed E-state index contributed by atoms with van der Waals surface area (Å²) in [6, 6.07) is 3.14. The van der Waals surface area contributed by atoms with Gasteiger partial charge in [0.1, 0.15) is 0 Å². The molecule has 0 amide bonds. The van der Waals surface area contributed by atoms with E-state index >= 15 is 0 Å². The molecule has 2 fully saturated rings. The maximum atomic E-state index is 11.6. The van der Waals surface area contributed by atoms with E-state index in [0.717, 1.165) is 25.2 Å². The van der Waals surface area contributed by atoms with Crippen LogP contribution in [-0.2, 0) is 11.3 Å². The molecular weight excluding hydrogens is 244 g/mol. The van der Waals surface area contributed by atoms with Crippen molar-refractivity contribution in [1.29, 1.82) is 0 Å². The van der Waals surface area contributed by atoms with Gasteiger partial charge in [0.2, 0.25) is 5.76 Å². The van der Waals surface area contributed by atoms with Gasteiger partial charge < -0.3 is 14.5 Å². The van der Waals surface area contributed by atoms with E-state index < -0.39 is 5.97 Å². The number of carbonyl (C=O) groups excluding carboxylic acids is 1. The van der Waals surface area contributed by atoms with Crippen LogP contribution >= 0.6 is 0 Å². The van der Waals surface area contributed by atoms with Gasteiger partial charge in [-0.1, -0.05) is 0 Å². The fraction of sp³-hybridized carbons (Fsp3) is 0.643. The molecule has 2 aliphatic heterocycles. The Balaban J connectivity index is 1.68. The van der Waals surface area contributed by atoms with Crippen LogP contribution in [0.5, 0.6) is 0 Å². The molecule has 2 bridgehead atoms. The molecular formula is C14H20N2O3. The number of fused-ring (bicyclic) bond motifs is 2. The van der Waals surface area contributed by atoms with Gasteiger partial charge >= 0.3 is 5.97 Å². The second-order valence-corrected chi connectivity index (χ2v) is 5.43. The minimum absolute atomic E-state index is 0.338. The van der Waals surface area contributed by atoms with Gasteiger partial charge in [-0.3, -0.25) is 4.90 Å². The Morgan fingerprint density at radius 1 is 1.47 bits per heavy atom. The summed E-state index contributed by atoms with van der Waals surface area (Å²) in [5, 5.41) is 3.65. The van der Waals surface area contributed by atoms with E-state index in [2.05, 4.69) is 10.2 Å². The van der Waals surface area contributed by atoms with Crippen LogP contribution < -0.4 is 5.32 Å². The van der Waals surface area contributed by atoms with Crippen LogP contribution in [0.25, 0.3) is 0 Å². The lowest BCUT2D eigenvalue weighted by molar-refractivity contribution is 0.0561. The fourth-order valence-electron chi connectivity index (χ4n) is 3.13. The van der Waals surface area contributed by atoms with Crippen LogP contribution in [0.3, 0.4) is 0 Å². The predicted octanol–water partition coefficient (Wildman–Crippen LogP) is 1.39. The van der Waals surface area contributed by atoms with Crippen LogP contribution in [0.2, 0.25) is 0 Å². The van der Waals surface area contributed by atoms with Crippen LogP contribution in [0, 0.1) is 0 Å². The van der Waals surface area contributed by atoms with Crippen LogP contribution in [0.4, 0.5) is 0 Å². The van der Waals surface area contributed by atoms with Gasteiger partial charge in [-0.15, -0.1) is 0 Å². The Bertz CT molecular complexity index is 457. The van der Waals surface area contributed by atoms with Crippen molar-refractivity contribution in [3.05, 3.63) is 23.7 Å². The molecule has 1 aromatic rings. The molecule has 0 spiro atoms. The first-order valence-electron chi connectivity index (χ1n) is 6.89. The van der Waals surface area contributed by atoms with E-state index in [1.165, 1.54) is 26.4 Å². The molecule has 0 radical (unpaired) electrons. The van der Waals surface area contributed by atoms with Crippen molar-refractivity contribution in [2.45, 2.75) is 37.9 Å². The van der Waals surface area contributed by atoms with Crippen molar-refractivity contribution in [3.63, 3.8) is 0 Å². The van der Waals surface area contributed by atoms with Gasteiger partial charge in [-0.05, 0) is 25.3 Å². The molecule has 0 aliphatic carbocycles. The van der Waals surface area contributed by atoms with Crippen molar-refractivity contribution in [2.75, 3.05) is 20.2 Å². The van der Waals surface area contributed by atoms with E-state index in [1.54, 1.807) is 6.26 Å². The first-order chi connectivity index (χ1) is 9.26. The van der Waals surface area contributed by atoms with Crippen LogP contribution in [0.1, 0.15) is 35.4 Å². The lowest BCUT2D eigenvalue weighted by Crippen LogP contribution is -2.35. The molecule has 1 N–H and O–H groups in total. The van der Waals surface area contributed by atoms with Crippen molar-refractivity contribution in [3.8, 4) is 0 Å². The first-order valence-corrected chi connectivity index (χ1v) is 6.89. The minimum Gasteiger partial charge on any atom is -0.463 e. The summed E-state index contributed by atoms with van der Waals surface area (Å²) in [5.41, 5.74) is 0.921. The number of likely N-dealkylation sites (tertiary alicyclic amines) is 1. The second-order valence-electron chi connectivity index (χ2n) is 5.43. The Morgan fingerprint density at radius 3 is 3.16 bits per heavy atom. The molecule has 1 aromatic heterocycles. The maximum absolute atomic E-state index is 11.6. The summed E-state index contributed by atoms with van der Waals surface area (Å²) in [7, 11) is 1.38. The average molecular weight is 264 g/mol. The smallest absolute Gasteiger partial charge is 0.374 e. The Labute approximate surface area is 112 Å². The van der Waals surface area contributed by atoms with Gasteiger partial charge in [0, 0.05) is 37.3 Å². The molecule has 2 unspecified atom stereocenters. The number of carbonyl (C=O) groups is 1. The number of furan rings is 1. The largest absolute Gasteiger partial charge is 0.463 e. The number of ether oxygens (including phenoxy) is 1. The van der Waals surface area contributed by atoms with Crippen LogP contribution in [-0.4, -0.2) is 43.2 Å². The van der Waals surface area contributed by atoms with Gasteiger partial charge in [-0.25, -0.2) is 4.79 Å². The lowest BCUT2D eigenvalue weighted by Gasteiger charge is -2.23. The second kappa shape index (κ2) is 5.35. The quantitative estimate of drug-likeness (QED) is 0.836. The van der Waals surface area contributed by atoms with Crippen molar-refractivity contribution in [2.24, 2.45) is 0 Å². The van der Waals surface area contributed by atoms with Crippen molar-refractivity contribution >= 4 is 5.97 Å². The molecule has 2 atom stereocenters. The van der Waals surface area contributed by atoms with E-state index in [-0.39, 0.29) is 0 Å². The fourth-order valence-corrected chi connectivity index (χ4v) is 3.13. The molecule has 3 rings (SSSR count). The first kappa shape index (κ1) is 12.7. The molecule has 0 aromatic carbocycles. The highest BCUT2D eigenvalue weighted by Crippen LogP contribution is 2.22. The number of nitrogens with one attached hydrogen (secondary N) is 1. The molecule has 0 saturated carbocycles. The topological polar surface area (TPSA) is 54.7 Å². The predicted molar refractivity (Wildman–Crippen MR) is 69.9 cm³/mol. The van der Waals surface area contributed by atoms with E-state index in [4.69, 9.17) is 9.15 Å². The summed E-state index contributed by atoms with van der Waals surface area (Å²) in [4.78, 5) is 14.0. The zero-order chi connectivity index (χ0) is 13.2. The third-order valence-corrected chi connectivity index (χ3v) is 4.12. The minimum atomic E-state index is -0.394. The molecule has 5 nitrogen and oxygen atoms in total. The van der Waals surface area contributed by atoms with Crippen molar-refractivity contribution < 1.29 is 13.9 Å². The van der Waals surface area contributed by atoms with E-state index in [1.807, 2.05) is 6.07 Å². The number of hydrogen-bond acceptors (Lipinski definition) is 5. The highest BCUT2D eigenvalue weighted by molar-refractivity contribution is 5.87. The standard InChI is InChI=1S/C14H20N2O3/c1-18-14(17)13-10(5-7-19-13)8-16-6-4-11-2-3-12(9-16)15-11/h5,7,11-12,15H,2-4,6,8-9H2,1H3. The lowest BCUT2D eigenvalue weighted by atomic mass is 10.1. The van der Waals surface area contributed by atoms with Gasteiger partial charge in [0.15, 0.2) is 0 Å². The van der Waals surface area contributed by atoms with Crippen LogP contribution in [0.15, 0.2) is 16.7 Å². The maximum Gasteiger partial charge on any atom is 0.374 e. The molecule has 104 valence electrons. The summed E-state index contributed by atoms with van der Waals surface area (Å²) in [6.07, 6.45) is 5.31. The number of esters is 1. The Hall–Kier alpha value is -1.33. The molecule has 5 heteroatoms. The van der Waals surface area contributed by atoms with Gasteiger partial charge in [0.05, 0.1) is 13.4 Å². The summed E-state index contributed by atoms with van der Waals surface area (Å²) in [6.45, 7) is 2.87. The van der Waals surface area contributed by atoms with Gasteiger partial charge in [-0.2, -0.15) is 0 Å². The highest BCUT2D eigenvalue weighted by atomic mass is 16.5. The highest BCUT2D eigenvalue weighted by Gasteiger charge is 2.30. The normalized spacial score (nSPS) is 27.2. The average Bonchev–Trinajstić information content (AvgIpc) is 2.98. The molecule has 19 heavy (non-hydrogen) atoms. The molecule has 2 aliphatic rings. The third-order valence-electron chi connectivity index (χ3n) is 4.12. The van der Waals surface area contributed by atoms with E-state index in [0.29, 0.717) is 17.8 Å². The van der Waals surface area contributed by atoms with E-state index in [9.17, 15) is 4.79 Å². The zero-order valence-electron chi connectivity index (χ0n) is 11.2. The number of methoxy groups -OCH3 is 1. The molecule has 3 heterocycles. The molecule has 2 saturated heterocycles.